The summed E-state index contributed by atoms with van der Waals surface area (Å²) in [6, 6.07) is 13.8. The van der Waals surface area contributed by atoms with Crippen molar-refractivity contribution in [2.24, 2.45) is 0 Å². The standard InChI is InChI=1S/C21H25NO3/c23-17-5-8-20-19(9-13-25-21(20)15-17)16-3-6-18(7-4-16)24-14-12-22-10-1-2-11-22/h3-8,15,19,23H,1-2,9-14H2. The first-order valence-electron chi connectivity index (χ1n) is 9.20. The number of rotatable bonds is 5. The van der Waals surface area contributed by atoms with Crippen molar-refractivity contribution in [3.8, 4) is 17.2 Å². The molecule has 0 saturated carbocycles. The predicted octanol–water partition coefficient (Wildman–Crippen LogP) is 3.78. The Bertz CT molecular complexity index is 708. The van der Waals surface area contributed by atoms with Crippen molar-refractivity contribution in [3.05, 3.63) is 53.6 Å². The number of phenolic OH excluding ortho intramolecular Hbond substituents is 1. The molecule has 0 aromatic heterocycles. The Labute approximate surface area is 149 Å². The Morgan fingerprint density at radius 2 is 1.88 bits per heavy atom. The van der Waals surface area contributed by atoms with Gasteiger partial charge in [-0.2, -0.15) is 0 Å². The van der Waals surface area contributed by atoms with Crippen LogP contribution in [0.3, 0.4) is 0 Å². The van der Waals surface area contributed by atoms with Gasteiger partial charge < -0.3 is 14.6 Å². The fourth-order valence-corrected chi connectivity index (χ4v) is 3.82. The molecule has 132 valence electrons. The van der Waals surface area contributed by atoms with Gasteiger partial charge in [-0.25, -0.2) is 0 Å². The van der Waals surface area contributed by atoms with Gasteiger partial charge in [-0.15, -0.1) is 0 Å². The van der Waals surface area contributed by atoms with Crippen LogP contribution in [-0.2, 0) is 0 Å². The third-order valence-corrected chi connectivity index (χ3v) is 5.19. The van der Waals surface area contributed by atoms with Crippen molar-refractivity contribution in [2.75, 3.05) is 32.8 Å². The van der Waals surface area contributed by atoms with Crippen molar-refractivity contribution >= 4 is 0 Å². The molecule has 0 aliphatic carbocycles. The highest BCUT2D eigenvalue weighted by Crippen LogP contribution is 2.40. The Morgan fingerprint density at radius 1 is 1.08 bits per heavy atom. The minimum Gasteiger partial charge on any atom is -0.508 e. The lowest BCUT2D eigenvalue weighted by atomic mass is 9.86. The van der Waals surface area contributed by atoms with E-state index >= 15 is 0 Å². The van der Waals surface area contributed by atoms with Crippen LogP contribution in [0.25, 0.3) is 0 Å². The van der Waals surface area contributed by atoms with Gasteiger partial charge in [0.1, 0.15) is 23.9 Å². The van der Waals surface area contributed by atoms with E-state index in [9.17, 15) is 5.11 Å². The Balaban J connectivity index is 1.40. The van der Waals surface area contributed by atoms with E-state index in [1.807, 2.05) is 6.07 Å². The number of nitrogens with zero attached hydrogens (tertiary/aromatic N) is 1. The van der Waals surface area contributed by atoms with Crippen LogP contribution in [0, 0.1) is 0 Å². The summed E-state index contributed by atoms with van der Waals surface area (Å²) >= 11 is 0. The zero-order valence-corrected chi connectivity index (χ0v) is 14.5. The number of likely N-dealkylation sites (tertiary alicyclic amines) is 1. The molecule has 0 radical (unpaired) electrons. The van der Waals surface area contributed by atoms with Gasteiger partial charge in [0.2, 0.25) is 0 Å². The molecule has 2 aliphatic heterocycles. The van der Waals surface area contributed by atoms with E-state index < -0.39 is 0 Å². The molecule has 1 fully saturated rings. The van der Waals surface area contributed by atoms with Crippen molar-refractivity contribution in [1.29, 1.82) is 0 Å². The van der Waals surface area contributed by atoms with E-state index in [0.717, 1.165) is 36.6 Å². The highest BCUT2D eigenvalue weighted by molar-refractivity contribution is 5.47. The van der Waals surface area contributed by atoms with E-state index in [0.29, 0.717) is 12.5 Å². The average molecular weight is 339 g/mol. The van der Waals surface area contributed by atoms with Crippen LogP contribution in [0.5, 0.6) is 17.2 Å². The molecule has 2 aromatic carbocycles. The van der Waals surface area contributed by atoms with Crippen LogP contribution < -0.4 is 9.47 Å². The molecule has 2 aromatic rings. The van der Waals surface area contributed by atoms with Gasteiger partial charge in [-0.3, -0.25) is 4.90 Å². The van der Waals surface area contributed by atoms with Crippen LogP contribution in [0.1, 0.15) is 36.3 Å². The predicted molar refractivity (Wildman–Crippen MR) is 97.7 cm³/mol. The average Bonchev–Trinajstić information content (AvgIpc) is 3.15. The van der Waals surface area contributed by atoms with Gasteiger partial charge in [0.05, 0.1) is 6.61 Å². The number of hydrogen-bond acceptors (Lipinski definition) is 4. The number of benzene rings is 2. The molecule has 25 heavy (non-hydrogen) atoms. The maximum absolute atomic E-state index is 9.64. The molecule has 1 N–H and O–H groups in total. The van der Waals surface area contributed by atoms with Crippen molar-refractivity contribution in [2.45, 2.75) is 25.2 Å². The zero-order valence-electron chi connectivity index (χ0n) is 14.5. The first kappa shape index (κ1) is 16.3. The first-order valence-corrected chi connectivity index (χ1v) is 9.20. The second-order valence-electron chi connectivity index (χ2n) is 6.88. The lowest BCUT2D eigenvalue weighted by molar-refractivity contribution is 0.237. The first-order chi connectivity index (χ1) is 12.3. The van der Waals surface area contributed by atoms with E-state index in [1.54, 1.807) is 12.1 Å². The minimum absolute atomic E-state index is 0.251. The quantitative estimate of drug-likeness (QED) is 0.900. The van der Waals surface area contributed by atoms with Gasteiger partial charge in [0.15, 0.2) is 0 Å². The van der Waals surface area contributed by atoms with Crippen molar-refractivity contribution in [1.82, 2.24) is 4.90 Å². The lowest BCUT2D eigenvalue weighted by Crippen LogP contribution is -2.25. The molecular weight excluding hydrogens is 314 g/mol. The molecule has 0 spiro atoms. The summed E-state index contributed by atoms with van der Waals surface area (Å²) in [5.74, 6) is 2.28. The maximum atomic E-state index is 9.64. The molecule has 0 bridgehead atoms. The summed E-state index contributed by atoms with van der Waals surface area (Å²) in [5.41, 5.74) is 2.41. The monoisotopic (exact) mass is 339 g/mol. The third-order valence-electron chi connectivity index (χ3n) is 5.19. The summed E-state index contributed by atoms with van der Waals surface area (Å²) in [4.78, 5) is 2.46. The van der Waals surface area contributed by atoms with Gasteiger partial charge in [-0.05, 0) is 56.1 Å². The summed E-state index contributed by atoms with van der Waals surface area (Å²) in [5, 5.41) is 9.64. The Kier molecular flexibility index (Phi) is 4.79. The molecule has 2 aliphatic rings. The van der Waals surface area contributed by atoms with Crippen LogP contribution in [0.4, 0.5) is 0 Å². The fraction of sp³-hybridized carbons (Fsp3) is 0.429. The van der Waals surface area contributed by atoms with E-state index in [2.05, 4.69) is 29.2 Å². The van der Waals surface area contributed by atoms with E-state index in [4.69, 9.17) is 9.47 Å². The number of hydrogen-bond donors (Lipinski definition) is 1. The topological polar surface area (TPSA) is 41.9 Å². The molecule has 1 atom stereocenters. The zero-order chi connectivity index (χ0) is 17.1. The van der Waals surface area contributed by atoms with Crippen molar-refractivity contribution in [3.63, 3.8) is 0 Å². The van der Waals surface area contributed by atoms with Crippen LogP contribution >= 0.6 is 0 Å². The SMILES string of the molecule is Oc1ccc2c(c1)OCCC2c1ccc(OCCN2CCCC2)cc1. The van der Waals surface area contributed by atoms with Gasteiger partial charge in [0.25, 0.3) is 0 Å². The molecule has 1 unspecified atom stereocenters. The molecule has 4 rings (SSSR count). The minimum atomic E-state index is 0.251. The molecular formula is C21H25NO3. The highest BCUT2D eigenvalue weighted by Gasteiger charge is 2.23. The van der Waals surface area contributed by atoms with E-state index in [-0.39, 0.29) is 5.75 Å². The molecule has 2 heterocycles. The normalized spacial score (nSPS) is 20.1. The second-order valence-corrected chi connectivity index (χ2v) is 6.88. The summed E-state index contributed by atoms with van der Waals surface area (Å²) in [6.45, 7) is 4.86. The molecule has 4 nitrogen and oxygen atoms in total. The Morgan fingerprint density at radius 3 is 2.68 bits per heavy atom. The number of ether oxygens (including phenoxy) is 2. The largest absolute Gasteiger partial charge is 0.508 e. The second kappa shape index (κ2) is 7.36. The van der Waals surface area contributed by atoms with Gasteiger partial charge >= 0.3 is 0 Å². The number of fused-ring (bicyclic) bond motifs is 1. The van der Waals surface area contributed by atoms with Crippen molar-refractivity contribution < 1.29 is 14.6 Å². The van der Waals surface area contributed by atoms with Crippen LogP contribution in [0.2, 0.25) is 0 Å². The summed E-state index contributed by atoms with van der Waals surface area (Å²) in [6.07, 6.45) is 3.59. The van der Waals surface area contributed by atoms with E-state index in [1.165, 1.54) is 31.5 Å². The molecule has 0 amide bonds. The van der Waals surface area contributed by atoms with Crippen LogP contribution in [0.15, 0.2) is 42.5 Å². The number of aromatic hydroxyl groups is 1. The lowest BCUT2D eigenvalue weighted by Gasteiger charge is -2.26. The van der Waals surface area contributed by atoms with Crippen LogP contribution in [-0.4, -0.2) is 42.9 Å². The molecule has 4 heteroatoms. The molecule has 1 saturated heterocycles. The number of phenols is 1. The maximum Gasteiger partial charge on any atom is 0.126 e. The van der Waals surface area contributed by atoms with Gasteiger partial charge in [-0.1, -0.05) is 18.2 Å². The smallest absolute Gasteiger partial charge is 0.126 e. The summed E-state index contributed by atoms with van der Waals surface area (Å²) < 4.78 is 11.6. The summed E-state index contributed by atoms with van der Waals surface area (Å²) in [7, 11) is 0. The highest BCUT2D eigenvalue weighted by atomic mass is 16.5. The third kappa shape index (κ3) is 3.74. The Hall–Kier alpha value is -2.20. The van der Waals surface area contributed by atoms with Gasteiger partial charge in [0, 0.05) is 24.1 Å². The fourth-order valence-electron chi connectivity index (χ4n) is 3.82.